The van der Waals surface area contributed by atoms with Crippen molar-refractivity contribution in [2.24, 2.45) is 0 Å². The topological polar surface area (TPSA) is 89.0 Å². The van der Waals surface area contributed by atoms with Crippen LogP contribution in [0.1, 0.15) is 15.9 Å². The molecule has 0 aliphatic carbocycles. The smallest absolute Gasteiger partial charge is 0.346 e. The Morgan fingerprint density at radius 3 is 2.06 bits per heavy atom. The van der Waals surface area contributed by atoms with Gasteiger partial charge in [-0.3, -0.25) is 0 Å². The summed E-state index contributed by atoms with van der Waals surface area (Å²) < 4.78 is 27.8. The first-order chi connectivity index (χ1) is 17.1. The number of aromatic nitrogens is 2. The largest absolute Gasteiger partial charge is 0.481 e. The maximum atomic E-state index is 13.2. The second-order valence-corrected chi connectivity index (χ2v) is 7.52. The standard InChI is InChI=1S/C26H21ClN2O6/c1-31-22-15-23(32-2)29-26(28-22)35-21-10-6-9-20(34-19-13-11-18(27)12-14-19)24(21)25(30)33-16-17-7-4-3-5-8-17/h3-15H,16H2,1-2H3. The highest BCUT2D eigenvalue weighted by molar-refractivity contribution is 6.30. The van der Waals surface area contributed by atoms with Gasteiger partial charge in [0.2, 0.25) is 11.8 Å². The number of esters is 1. The fourth-order valence-electron chi connectivity index (χ4n) is 3.04. The number of methoxy groups -OCH3 is 2. The van der Waals surface area contributed by atoms with Crippen molar-refractivity contribution >= 4 is 17.6 Å². The van der Waals surface area contributed by atoms with Crippen LogP contribution in [0.5, 0.6) is 35.0 Å². The molecule has 8 nitrogen and oxygen atoms in total. The quantitative estimate of drug-likeness (QED) is 0.259. The summed E-state index contributed by atoms with van der Waals surface area (Å²) in [7, 11) is 2.91. The summed E-state index contributed by atoms with van der Waals surface area (Å²) in [6.45, 7) is 0.0673. The van der Waals surface area contributed by atoms with E-state index < -0.39 is 5.97 Å². The Kier molecular flexibility index (Phi) is 7.64. The van der Waals surface area contributed by atoms with Gasteiger partial charge in [-0.1, -0.05) is 48.0 Å². The summed E-state index contributed by atoms with van der Waals surface area (Å²) in [5.41, 5.74) is 0.893. The molecule has 0 aliphatic heterocycles. The Labute approximate surface area is 207 Å². The predicted molar refractivity (Wildman–Crippen MR) is 129 cm³/mol. The van der Waals surface area contributed by atoms with Crippen LogP contribution in [0.25, 0.3) is 0 Å². The van der Waals surface area contributed by atoms with Crippen molar-refractivity contribution < 1.29 is 28.5 Å². The van der Waals surface area contributed by atoms with Gasteiger partial charge in [0.1, 0.15) is 29.4 Å². The zero-order valence-electron chi connectivity index (χ0n) is 18.9. The molecule has 3 aromatic carbocycles. The molecule has 0 aliphatic rings. The third kappa shape index (κ3) is 6.18. The minimum atomic E-state index is -0.650. The minimum Gasteiger partial charge on any atom is -0.481 e. The first-order valence-corrected chi connectivity index (χ1v) is 10.9. The summed E-state index contributed by atoms with van der Waals surface area (Å²) in [5.74, 6) is 0.635. The van der Waals surface area contributed by atoms with Gasteiger partial charge in [-0.05, 0) is 42.0 Å². The molecule has 0 saturated carbocycles. The lowest BCUT2D eigenvalue weighted by molar-refractivity contribution is 0.0466. The highest BCUT2D eigenvalue weighted by atomic mass is 35.5. The van der Waals surface area contributed by atoms with E-state index in [1.807, 2.05) is 30.3 Å². The van der Waals surface area contributed by atoms with Crippen LogP contribution in [-0.4, -0.2) is 30.2 Å². The van der Waals surface area contributed by atoms with Gasteiger partial charge in [0.15, 0.2) is 0 Å². The van der Waals surface area contributed by atoms with Gasteiger partial charge in [-0.2, -0.15) is 9.97 Å². The lowest BCUT2D eigenvalue weighted by Crippen LogP contribution is -2.09. The number of ether oxygens (including phenoxy) is 5. The Bertz CT molecular complexity index is 1280. The molecule has 0 bridgehead atoms. The zero-order valence-corrected chi connectivity index (χ0v) is 19.7. The molecule has 178 valence electrons. The SMILES string of the molecule is COc1cc(OC)nc(Oc2cccc(Oc3ccc(Cl)cc3)c2C(=O)OCc2ccccc2)n1. The summed E-state index contributed by atoms with van der Waals surface area (Å²) in [6, 6.07) is 22.4. The van der Waals surface area contributed by atoms with Crippen LogP contribution in [0.15, 0.2) is 78.9 Å². The van der Waals surface area contributed by atoms with Crippen molar-refractivity contribution in [1.29, 1.82) is 0 Å². The molecule has 35 heavy (non-hydrogen) atoms. The summed E-state index contributed by atoms with van der Waals surface area (Å²) in [6.07, 6.45) is 0. The van der Waals surface area contributed by atoms with Crippen LogP contribution in [0, 0.1) is 0 Å². The van der Waals surface area contributed by atoms with Crippen LogP contribution in [0.4, 0.5) is 0 Å². The molecule has 0 spiro atoms. The number of halogens is 1. The first-order valence-electron chi connectivity index (χ1n) is 10.5. The molecule has 4 aromatic rings. The zero-order chi connectivity index (χ0) is 24.6. The molecular weight excluding hydrogens is 472 g/mol. The summed E-state index contributed by atoms with van der Waals surface area (Å²) >= 11 is 5.98. The maximum absolute atomic E-state index is 13.2. The number of nitrogens with zero attached hydrogens (tertiary/aromatic N) is 2. The third-order valence-electron chi connectivity index (χ3n) is 4.72. The van der Waals surface area contributed by atoms with E-state index in [4.69, 9.17) is 35.3 Å². The number of hydrogen-bond donors (Lipinski definition) is 0. The fraction of sp³-hybridized carbons (Fsp3) is 0.115. The van der Waals surface area contributed by atoms with Crippen LogP contribution in [0.2, 0.25) is 5.02 Å². The molecule has 0 fully saturated rings. The van der Waals surface area contributed by atoms with Crippen molar-refractivity contribution in [3.8, 4) is 35.0 Å². The average Bonchev–Trinajstić information content (AvgIpc) is 2.89. The number of benzene rings is 3. The van der Waals surface area contributed by atoms with Gasteiger partial charge in [0, 0.05) is 5.02 Å². The Hall–Kier alpha value is -4.30. The fourth-order valence-corrected chi connectivity index (χ4v) is 3.17. The predicted octanol–water partition coefficient (Wildman–Crippen LogP) is 6.09. The lowest BCUT2D eigenvalue weighted by Gasteiger charge is -2.15. The molecule has 0 N–H and O–H groups in total. The maximum Gasteiger partial charge on any atom is 0.346 e. The molecule has 0 amide bonds. The van der Waals surface area contributed by atoms with Gasteiger partial charge in [-0.25, -0.2) is 4.79 Å². The average molecular weight is 493 g/mol. The van der Waals surface area contributed by atoms with Crippen LogP contribution >= 0.6 is 11.6 Å². The molecule has 1 aromatic heterocycles. The van der Waals surface area contributed by atoms with Crippen molar-refractivity contribution in [3.63, 3.8) is 0 Å². The second kappa shape index (κ2) is 11.2. The monoisotopic (exact) mass is 492 g/mol. The van der Waals surface area contributed by atoms with E-state index in [2.05, 4.69) is 9.97 Å². The molecule has 0 saturated heterocycles. The number of carbonyl (C=O) groups is 1. The molecule has 1 heterocycles. The lowest BCUT2D eigenvalue weighted by atomic mass is 10.1. The van der Waals surface area contributed by atoms with Crippen molar-refractivity contribution in [2.75, 3.05) is 14.2 Å². The van der Waals surface area contributed by atoms with Crippen molar-refractivity contribution in [3.05, 3.63) is 95.0 Å². The number of carbonyl (C=O) groups excluding carboxylic acids is 1. The van der Waals surface area contributed by atoms with Crippen LogP contribution < -0.4 is 18.9 Å². The molecule has 0 radical (unpaired) electrons. The summed E-state index contributed by atoms with van der Waals surface area (Å²) in [4.78, 5) is 21.6. The van der Waals surface area contributed by atoms with Gasteiger partial charge in [0.05, 0.1) is 20.3 Å². The normalized spacial score (nSPS) is 10.4. The van der Waals surface area contributed by atoms with E-state index in [0.29, 0.717) is 10.8 Å². The highest BCUT2D eigenvalue weighted by Crippen LogP contribution is 2.35. The first kappa shape index (κ1) is 23.8. The Morgan fingerprint density at radius 2 is 1.43 bits per heavy atom. The van der Waals surface area contributed by atoms with Crippen LogP contribution in [0.3, 0.4) is 0 Å². The Balaban J connectivity index is 1.69. The van der Waals surface area contributed by atoms with Crippen molar-refractivity contribution in [2.45, 2.75) is 6.61 Å². The number of hydrogen-bond acceptors (Lipinski definition) is 8. The molecular formula is C26H21ClN2O6. The molecule has 0 atom stereocenters. The van der Waals surface area contributed by atoms with Crippen LogP contribution in [-0.2, 0) is 11.3 Å². The van der Waals surface area contributed by atoms with Gasteiger partial charge in [-0.15, -0.1) is 0 Å². The summed E-state index contributed by atoms with van der Waals surface area (Å²) in [5, 5.41) is 0.557. The van der Waals surface area contributed by atoms with Crippen molar-refractivity contribution in [1.82, 2.24) is 9.97 Å². The third-order valence-corrected chi connectivity index (χ3v) is 4.98. The Morgan fingerprint density at radius 1 is 0.800 bits per heavy atom. The van der Waals surface area contributed by atoms with E-state index in [-0.39, 0.29) is 41.4 Å². The number of rotatable bonds is 9. The minimum absolute atomic E-state index is 0.0590. The van der Waals surface area contributed by atoms with E-state index in [1.165, 1.54) is 20.3 Å². The second-order valence-electron chi connectivity index (χ2n) is 7.08. The molecule has 0 unspecified atom stereocenters. The van der Waals surface area contributed by atoms with E-state index >= 15 is 0 Å². The van der Waals surface area contributed by atoms with E-state index in [9.17, 15) is 4.79 Å². The molecule has 9 heteroatoms. The van der Waals surface area contributed by atoms with E-state index in [1.54, 1.807) is 42.5 Å². The van der Waals surface area contributed by atoms with Gasteiger partial charge < -0.3 is 23.7 Å². The highest BCUT2D eigenvalue weighted by Gasteiger charge is 2.23. The van der Waals surface area contributed by atoms with Gasteiger partial charge >= 0.3 is 12.0 Å². The van der Waals surface area contributed by atoms with E-state index in [0.717, 1.165) is 5.56 Å². The molecule has 4 rings (SSSR count). The van der Waals surface area contributed by atoms with Gasteiger partial charge in [0.25, 0.3) is 0 Å².